The fourth-order valence-corrected chi connectivity index (χ4v) is 1.52. The minimum atomic E-state index is -0.947. The highest BCUT2D eigenvalue weighted by Gasteiger charge is 2.21. The van der Waals surface area contributed by atoms with Crippen LogP contribution < -0.4 is 10.6 Å². The Bertz CT molecular complexity index is 446. The molecule has 2 amide bonds. The van der Waals surface area contributed by atoms with Gasteiger partial charge in [0.2, 0.25) is 0 Å². The third-order valence-electron chi connectivity index (χ3n) is 2.71. The molecule has 1 aromatic rings. The number of hydrogen-bond donors (Lipinski definition) is 3. The van der Waals surface area contributed by atoms with Crippen molar-refractivity contribution < 1.29 is 19.1 Å². The van der Waals surface area contributed by atoms with Crippen LogP contribution in [-0.2, 0) is 4.79 Å². The van der Waals surface area contributed by atoms with Crippen molar-refractivity contribution in [2.45, 2.75) is 13.8 Å². The molecule has 104 valence electrons. The lowest BCUT2D eigenvalue weighted by Gasteiger charge is -2.16. The number of urea groups is 1. The lowest BCUT2D eigenvalue weighted by atomic mass is 9.96. The van der Waals surface area contributed by atoms with Gasteiger partial charge < -0.3 is 15.7 Å². The van der Waals surface area contributed by atoms with Crippen molar-refractivity contribution in [2.75, 3.05) is 11.9 Å². The smallest absolute Gasteiger partial charge is 0.319 e. The molecule has 3 N–H and O–H groups in total. The number of carboxylic acid groups (broad SMARTS) is 1. The Morgan fingerprint density at radius 3 is 2.32 bits per heavy atom. The van der Waals surface area contributed by atoms with Crippen LogP contribution in [0.25, 0.3) is 0 Å². The summed E-state index contributed by atoms with van der Waals surface area (Å²) in [5.74, 6) is -2.06. The number of carbonyl (C=O) groups is 2. The average molecular weight is 268 g/mol. The summed E-state index contributed by atoms with van der Waals surface area (Å²) in [4.78, 5) is 22.5. The topological polar surface area (TPSA) is 78.4 Å². The molecule has 0 aromatic heterocycles. The van der Waals surface area contributed by atoms with Crippen LogP contribution in [0, 0.1) is 17.7 Å². The standard InChI is InChI=1S/C13H17FN2O3/c1-8(2)11(12(17)18)7-15-13(19)16-10-5-3-9(14)4-6-10/h3-6,8,11H,7H2,1-2H3,(H,17,18)(H2,15,16,19). The summed E-state index contributed by atoms with van der Waals surface area (Å²) >= 11 is 0. The highest BCUT2D eigenvalue weighted by Crippen LogP contribution is 2.10. The molecular weight excluding hydrogens is 251 g/mol. The molecule has 0 fully saturated rings. The second-order valence-electron chi connectivity index (χ2n) is 4.53. The lowest BCUT2D eigenvalue weighted by molar-refractivity contribution is -0.142. The van der Waals surface area contributed by atoms with Gasteiger partial charge in [-0.15, -0.1) is 0 Å². The van der Waals surface area contributed by atoms with E-state index in [0.717, 1.165) is 0 Å². The largest absolute Gasteiger partial charge is 0.481 e. The van der Waals surface area contributed by atoms with Crippen LogP contribution >= 0.6 is 0 Å². The van der Waals surface area contributed by atoms with Crippen LogP contribution in [0.3, 0.4) is 0 Å². The SMILES string of the molecule is CC(C)C(CNC(=O)Nc1ccc(F)cc1)C(=O)O. The number of carbonyl (C=O) groups excluding carboxylic acids is 1. The summed E-state index contributed by atoms with van der Waals surface area (Å²) in [5, 5.41) is 13.9. The third-order valence-corrected chi connectivity index (χ3v) is 2.71. The molecule has 1 aromatic carbocycles. The van der Waals surface area contributed by atoms with E-state index in [9.17, 15) is 14.0 Å². The van der Waals surface area contributed by atoms with Crippen molar-refractivity contribution in [1.82, 2.24) is 5.32 Å². The Hall–Kier alpha value is -2.11. The fraction of sp³-hybridized carbons (Fsp3) is 0.385. The van der Waals surface area contributed by atoms with Crippen molar-refractivity contribution in [3.63, 3.8) is 0 Å². The normalized spacial score (nSPS) is 12.0. The summed E-state index contributed by atoms with van der Waals surface area (Å²) in [6.07, 6.45) is 0. The van der Waals surface area contributed by atoms with Crippen molar-refractivity contribution in [2.24, 2.45) is 11.8 Å². The van der Waals surface area contributed by atoms with Crippen molar-refractivity contribution >= 4 is 17.7 Å². The Morgan fingerprint density at radius 1 is 1.26 bits per heavy atom. The molecule has 0 radical (unpaired) electrons. The molecule has 0 aliphatic rings. The van der Waals surface area contributed by atoms with Gasteiger partial charge in [0.1, 0.15) is 5.82 Å². The predicted octanol–water partition coefficient (Wildman–Crippen LogP) is 2.30. The molecule has 0 saturated heterocycles. The molecule has 0 aliphatic carbocycles. The Morgan fingerprint density at radius 2 is 1.84 bits per heavy atom. The van der Waals surface area contributed by atoms with Crippen molar-refractivity contribution in [3.05, 3.63) is 30.1 Å². The van der Waals surface area contributed by atoms with Gasteiger partial charge in [-0.2, -0.15) is 0 Å². The number of rotatable bonds is 5. The van der Waals surface area contributed by atoms with Crippen molar-refractivity contribution in [1.29, 1.82) is 0 Å². The van der Waals surface area contributed by atoms with Gasteiger partial charge in [0.15, 0.2) is 0 Å². The van der Waals surface area contributed by atoms with Crippen LogP contribution in [0.5, 0.6) is 0 Å². The minimum Gasteiger partial charge on any atom is -0.481 e. The maximum absolute atomic E-state index is 12.7. The van der Waals surface area contributed by atoms with E-state index in [1.165, 1.54) is 24.3 Å². The summed E-state index contributed by atoms with van der Waals surface area (Å²) in [7, 11) is 0. The average Bonchev–Trinajstić information content (AvgIpc) is 2.31. The molecule has 0 aliphatic heterocycles. The quantitative estimate of drug-likeness (QED) is 0.766. The predicted molar refractivity (Wildman–Crippen MR) is 69.4 cm³/mol. The molecule has 1 rings (SSSR count). The molecule has 0 saturated carbocycles. The zero-order valence-electron chi connectivity index (χ0n) is 10.8. The van der Waals surface area contributed by atoms with E-state index in [1.54, 1.807) is 13.8 Å². The zero-order chi connectivity index (χ0) is 14.4. The molecule has 6 heteroatoms. The number of halogens is 1. The van der Waals surface area contributed by atoms with E-state index in [1.807, 2.05) is 0 Å². The molecule has 0 spiro atoms. The van der Waals surface area contributed by atoms with Gasteiger partial charge in [0.25, 0.3) is 0 Å². The van der Waals surface area contributed by atoms with E-state index in [-0.39, 0.29) is 12.5 Å². The van der Waals surface area contributed by atoms with Crippen LogP contribution in [-0.4, -0.2) is 23.7 Å². The molecule has 1 atom stereocenters. The molecular formula is C13H17FN2O3. The number of aliphatic carboxylic acids is 1. The maximum Gasteiger partial charge on any atom is 0.319 e. The second-order valence-corrected chi connectivity index (χ2v) is 4.53. The highest BCUT2D eigenvalue weighted by molar-refractivity contribution is 5.89. The van der Waals surface area contributed by atoms with Crippen LogP contribution in [0.4, 0.5) is 14.9 Å². The summed E-state index contributed by atoms with van der Waals surface area (Å²) in [6.45, 7) is 3.59. The van der Waals surface area contributed by atoms with Gasteiger partial charge in [-0.25, -0.2) is 9.18 Å². The van der Waals surface area contributed by atoms with E-state index in [0.29, 0.717) is 5.69 Å². The van der Waals surface area contributed by atoms with E-state index in [4.69, 9.17) is 5.11 Å². The monoisotopic (exact) mass is 268 g/mol. The molecule has 19 heavy (non-hydrogen) atoms. The van der Waals surface area contributed by atoms with Gasteiger partial charge in [-0.05, 0) is 30.2 Å². The molecule has 5 nitrogen and oxygen atoms in total. The summed E-state index contributed by atoms with van der Waals surface area (Å²) in [5.41, 5.74) is 0.440. The number of amides is 2. The number of hydrogen-bond acceptors (Lipinski definition) is 2. The number of nitrogens with one attached hydrogen (secondary N) is 2. The zero-order valence-corrected chi connectivity index (χ0v) is 10.8. The number of anilines is 1. The second kappa shape index (κ2) is 6.72. The fourth-order valence-electron chi connectivity index (χ4n) is 1.52. The molecule has 0 bridgehead atoms. The Balaban J connectivity index is 2.47. The lowest BCUT2D eigenvalue weighted by Crippen LogP contribution is -2.37. The van der Waals surface area contributed by atoms with Gasteiger partial charge in [-0.3, -0.25) is 4.79 Å². The van der Waals surface area contributed by atoms with Crippen LogP contribution in [0.15, 0.2) is 24.3 Å². The van der Waals surface area contributed by atoms with Gasteiger partial charge in [-0.1, -0.05) is 13.8 Å². The Kier molecular flexibility index (Phi) is 5.29. The van der Waals surface area contributed by atoms with Crippen molar-refractivity contribution in [3.8, 4) is 0 Å². The van der Waals surface area contributed by atoms with Gasteiger partial charge in [0, 0.05) is 12.2 Å². The first kappa shape index (κ1) is 14.9. The molecule has 1 unspecified atom stereocenters. The van der Waals surface area contributed by atoms with Crippen LogP contribution in [0.2, 0.25) is 0 Å². The summed E-state index contributed by atoms with van der Waals surface area (Å²) < 4.78 is 12.7. The summed E-state index contributed by atoms with van der Waals surface area (Å²) in [6, 6.07) is 4.78. The maximum atomic E-state index is 12.7. The first-order chi connectivity index (χ1) is 8.90. The van der Waals surface area contributed by atoms with Gasteiger partial charge >= 0.3 is 12.0 Å². The number of carboxylic acids is 1. The van der Waals surface area contributed by atoms with Crippen LogP contribution in [0.1, 0.15) is 13.8 Å². The van der Waals surface area contributed by atoms with E-state index >= 15 is 0 Å². The Labute approximate surface area is 110 Å². The molecule has 0 heterocycles. The third kappa shape index (κ3) is 4.95. The first-order valence-corrected chi connectivity index (χ1v) is 5.93. The van der Waals surface area contributed by atoms with E-state index < -0.39 is 23.7 Å². The number of benzene rings is 1. The highest BCUT2D eigenvalue weighted by atomic mass is 19.1. The van der Waals surface area contributed by atoms with Gasteiger partial charge in [0.05, 0.1) is 5.92 Å². The van der Waals surface area contributed by atoms with E-state index in [2.05, 4.69) is 10.6 Å². The first-order valence-electron chi connectivity index (χ1n) is 5.93. The minimum absolute atomic E-state index is 0.0417.